The van der Waals surface area contributed by atoms with E-state index in [9.17, 15) is 5.11 Å². The molecule has 0 saturated carbocycles. The highest BCUT2D eigenvalue weighted by atomic mass is 32.1. The molecule has 1 N–H and O–H groups in total. The fraction of sp³-hybridized carbons (Fsp3) is 0.467. The molecular weight excluding hydrogens is 316 g/mol. The average Bonchev–Trinajstić information content (AvgIpc) is 3.19. The average molecular weight is 334 g/mol. The van der Waals surface area contributed by atoms with E-state index < -0.39 is 0 Å². The summed E-state index contributed by atoms with van der Waals surface area (Å²) in [5.74, 6) is 0.234. The molecule has 1 aliphatic heterocycles. The quantitative estimate of drug-likeness (QED) is 0.796. The van der Waals surface area contributed by atoms with Crippen LogP contribution in [0.15, 0.2) is 23.2 Å². The molecule has 0 aromatic carbocycles. The van der Waals surface area contributed by atoms with Gasteiger partial charge < -0.3 is 5.11 Å². The van der Waals surface area contributed by atoms with Gasteiger partial charge in [-0.25, -0.2) is 4.98 Å². The van der Waals surface area contributed by atoms with Gasteiger partial charge in [0.1, 0.15) is 6.33 Å². The van der Waals surface area contributed by atoms with Gasteiger partial charge in [-0.1, -0.05) is 24.2 Å². The molecule has 3 aromatic heterocycles. The molecule has 116 valence electrons. The first kappa shape index (κ1) is 14.2. The van der Waals surface area contributed by atoms with Crippen LogP contribution in [0.4, 0.5) is 0 Å². The standard InChI is InChI=1S/C15H18N4OS2/c20-14-13(22-15-16-10-17-19(14)15)12(11-5-8-21-9-11)18-6-3-1-2-4-7-18/h5,8-10,12,20H,1-4,6-7H2. The van der Waals surface area contributed by atoms with Gasteiger partial charge in [0.2, 0.25) is 10.8 Å². The Morgan fingerprint density at radius 2 is 2.00 bits per heavy atom. The minimum atomic E-state index is 0.109. The van der Waals surface area contributed by atoms with Crippen molar-refractivity contribution < 1.29 is 5.11 Å². The zero-order chi connectivity index (χ0) is 14.9. The summed E-state index contributed by atoms with van der Waals surface area (Å²) < 4.78 is 1.54. The number of nitrogens with zero attached hydrogens (tertiary/aromatic N) is 4. The van der Waals surface area contributed by atoms with E-state index in [0.29, 0.717) is 0 Å². The molecular formula is C15H18N4OS2. The van der Waals surface area contributed by atoms with Gasteiger partial charge in [0, 0.05) is 0 Å². The van der Waals surface area contributed by atoms with E-state index in [1.54, 1.807) is 11.3 Å². The highest BCUT2D eigenvalue weighted by molar-refractivity contribution is 7.17. The van der Waals surface area contributed by atoms with Crippen molar-refractivity contribution in [2.75, 3.05) is 13.1 Å². The molecule has 0 aliphatic carbocycles. The molecule has 1 aliphatic rings. The Balaban J connectivity index is 1.79. The largest absolute Gasteiger partial charge is 0.492 e. The number of thiophene rings is 1. The van der Waals surface area contributed by atoms with E-state index >= 15 is 0 Å². The Morgan fingerprint density at radius 3 is 2.68 bits per heavy atom. The van der Waals surface area contributed by atoms with Crippen LogP contribution in [0.2, 0.25) is 0 Å². The molecule has 0 spiro atoms. The van der Waals surface area contributed by atoms with E-state index in [4.69, 9.17) is 0 Å². The number of hydrogen-bond acceptors (Lipinski definition) is 6. The Kier molecular flexibility index (Phi) is 3.85. The second-order valence-corrected chi connectivity index (χ2v) is 7.44. The lowest BCUT2D eigenvalue weighted by Gasteiger charge is -2.29. The number of rotatable bonds is 3. The van der Waals surface area contributed by atoms with Crippen LogP contribution >= 0.6 is 22.7 Å². The second-order valence-electron chi connectivity index (χ2n) is 5.65. The predicted molar refractivity (Wildman–Crippen MR) is 88.7 cm³/mol. The third kappa shape index (κ3) is 2.43. The Bertz CT molecular complexity index is 741. The zero-order valence-corrected chi connectivity index (χ0v) is 13.8. The number of likely N-dealkylation sites (tertiary alicyclic amines) is 1. The van der Waals surface area contributed by atoms with Crippen LogP contribution in [0.5, 0.6) is 5.88 Å². The van der Waals surface area contributed by atoms with Crippen molar-refractivity contribution in [2.24, 2.45) is 0 Å². The number of aromatic hydroxyl groups is 1. The molecule has 7 heteroatoms. The molecule has 1 saturated heterocycles. The molecule has 0 amide bonds. The summed E-state index contributed by atoms with van der Waals surface area (Å²) in [6.07, 6.45) is 6.54. The van der Waals surface area contributed by atoms with Crippen LogP contribution in [0.25, 0.3) is 4.96 Å². The Labute approximate surface area is 136 Å². The SMILES string of the molecule is Oc1c(C(c2ccsc2)N2CCCCCC2)sc2ncnn12. The Morgan fingerprint density at radius 1 is 1.18 bits per heavy atom. The van der Waals surface area contributed by atoms with Crippen molar-refractivity contribution in [1.82, 2.24) is 19.5 Å². The van der Waals surface area contributed by atoms with Crippen LogP contribution in [-0.2, 0) is 0 Å². The summed E-state index contributed by atoms with van der Waals surface area (Å²) in [4.78, 5) is 8.43. The third-order valence-electron chi connectivity index (χ3n) is 4.25. The van der Waals surface area contributed by atoms with E-state index in [2.05, 4.69) is 31.8 Å². The molecule has 3 aromatic rings. The van der Waals surface area contributed by atoms with Gasteiger partial charge in [-0.2, -0.15) is 21.0 Å². The van der Waals surface area contributed by atoms with Crippen molar-refractivity contribution in [1.29, 1.82) is 0 Å². The van der Waals surface area contributed by atoms with Crippen molar-refractivity contribution >= 4 is 27.6 Å². The lowest BCUT2D eigenvalue weighted by molar-refractivity contribution is 0.233. The minimum Gasteiger partial charge on any atom is -0.492 e. The number of fused-ring (bicyclic) bond motifs is 1. The summed E-state index contributed by atoms with van der Waals surface area (Å²) in [6, 6.07) is 2.27. The summed E-state index contributed by atoms with van der Waals surface area (Å²) >= 11 is 3.24. The highest BCUT2D eigenvalue weighted by Gasteiger charge is 2.29. The molecule has 0 radical (unpaired) electrons. The Hall–Kier alpha value is -1.44. The molecule has 4 rings (SSSR count). The third-order valence-corrected chi connectivity index (χ3v) is 6.04. The topological polar surface area (TPSA) is 53.7 Å². The van der Waals surface area contributed by atoms with Crippen LogP contribution in [0.1, 0.15) is 42.2 Å². The number of hydrogen-bond donors (Lipinski definition) is 1. The smallest absolute Gasteiger partial charge is 0.230 e. The molecule has 5 nitrogen and oxygen atoms in total. The minimum absolute atomic E-state index is 0.109. The van der Waals surface area contributed by atoms with E-state index in [1.165, 1.54) is 53.4 Å². The molecule has 1 atom stereocenters. The van der Waals surface area contributed by atoms with E-state index in [1.807, 2.05) is 0 Å². The number of aromatic nitrogens is 3. The first-order valence-electron chi connectivity index (χ1n) is 7.62. The first-order chi connectivity index (χ1) is 10.8. The van der Waals surface area contributed by atoms with Crippen LogP contribution < -0.4 is 0 Å². The monoisotopic (exact) mass is 334 g/mol. The van der Waals surface area contributed by atoms with Gasteiger partial charge in [0.05, 0.1) is 10.9 Å². The fourth-order valence-corrected chi connectivity index (χ4v) is 4.95. The summed E-state index contributed by atoms with van der Waals surface area (Å²) in [5.41, 5.74) is 1.26. The normalized spacial score (nSPS) is 18.5. The van der Waals surface area contributed by atoms with Crippen molar-refractivity contribution in [2.45, 2.75) is 31.7 Å². The van der Waals surface area contributed by atoms with Crippen LogP contribution in [0, 0.1) is 0 Å². The second kappa shape index (κ2) is 5.98. The predicted octanol–water partition coefficient (Wildman–Crippen LogP) is 3.52. The van der Waals surface area contributed by atoms with Gasteiger partial charge in [0.15, 0.2) is 0 Å². The first-order valence-corrected chi connectivity index (χ1v) is 9.38. The summed E-state index contributed by atoms with van der Waals surface area (Å²) in [5, 5.41) is 19.0. The van der Waals surface area contributed by atoms with Crippen molar-refractivity contribution in [3.63, 3.8) is 0 Å². The lowest BCUT2D eigenvalue weighted by atomic mass is 10.1. The van der Waals surface area contributed by atoms with Crippen molar-refractivity contribution in [3.05, 3.63) is 33.6 Å². The summed E-state index contributed by atoms with van der Waals surface area (Å²) in [7, 11) is 0. The number of thiazole rings is 1. The van der Waals surface area contributed by atoms with Gasteiger partial charge in [-0.15, -0.1) is 0 Å². The summed E-state index contributed by atoms with van der Waals surface area (Å²) in [6.45, 7) is 2.15. The molecule has 1 fully saturated rings. The van der Waals surface area contributed by atoms with Gasteiger partial charge in [-0.3, -0.25) is 4.90 Å². The van der Waals surface area contributed by atoms with E-state index in [0.717, 1.165) is 22.9 Å². The van der Waals surface area contributed by atoms with Crippen molar-refractivity contribution in [3.8, 4) is 5.88 Å². The molecule has 1 unspecified atom stereocenters. The molecule has 0 bridgehead atoms. The van der Waals surface area contributed by atoms with E-state index in [-0.39, 0.29) is 11.9 Å². The molecule has 22 heavy (non-hydrogen) atoms. The maximum atomic E-state index is 10.6. The van der Waals surface area contributed by atoms with Crippen LogP contribution in [-0.4, -0.2) is 37.7 Å². The maximum absolute atomic E-state index is 10.6. The lowest BCUT2D eigenvalue weighted by Crippen LogP contribution is -2.30. The van der Waals surface area contributed by atoms with Gasteiger partial charge >= 0.3 is 0 Å². The fourth-order valence-electron chi connectivity index (χ4n) is 3.18. The highest BCUT2D eigenvalue weighted by Crippen LogP contribution is 2.40. The van der Waals surface area contributed by atoms with Crippen LogP contribution in [0.3, 0.4) is 0 Å². The van der Waals surface area contributed by atoms with Gasteiger partial charge in [0.25, 0.3) is 0 Å². The van der Waals surface area contributed by atoms with Gasteiger partial charge in [-0.05, 0) is 48.3 Å². The molecule has 4 heterocycles. The maximum Gasteiger partial charge on any atom is 0.230 e. The zero-order valence-electron chi connectivity index (χ0n) is 12.2.